The van der Waals surface area contributed by atoms with Crippen molar-refractivity contribution in [3.8, 4) is 0 Å². The van der Waals surface area contributed by atoms with Gasteiger partial charge in [0.25, 0.3) is 0 Å². The molecule has 1 heterocycles. The van der Waals surface area contributed by atoms with E-state index in [9.17, 15) is 20.4 Å². The number of hydrogen-bond acceptors (Lipinski definition) is 6. The van der Waals surface area contributed by atoms with E-state index in [1.54, 1.807) is 0 Å². The summed E-state index contributed by atoms with van der Waals surface area (Å²) in [5.74, 6) is -1.57. The van der Waals surface area contributed by atoms with Crippen molar-refractivity contribution in [2.24, 2.45) is 0 Å². The summed E-state index contributed by atoms with van der Waals surface area (Å²) >= 11 is 0. The lowest BCUT2D eigenvalue weighted by molar-refractivity contribution is -0.321. The normalized spacial score (nSPS) is 33.8. The molecule has 5 atom stereocenters. The van der Waals surface area contributed by atoms with Gasteiger partial charge >= 0.3 is 0 Å². The van der Waals surface area contributed by atoms with E-state index in [0.717, 1.165) is 19.3 Å². The zero-order chi connectivity index (χ0) is 18.0. The van der Waals surface area contributed by atoms with Gasteiger partial charge in [0.1, 0.15) is 18.3 Å². The topological polar surface area (TPSA) is 102 Å². The third kappa shape index (κ3) is 6.24. The molecule has 6 nitrogen and oxygen atoms in total. The Balaban J connectivity index is 2.45. The van der Waals surface area contributed by atoms with Crippen molar-refractivity contribution in [3.63, 3.8) is 0 Å². The average Bonchev–Trinajstić information content (AvgIpc) is 2.57. The Morgan fingerprint density at radius 3 is 2.04 bits per heavy atom. The lowest BCUT2D eigenvalue weighted by Gasteiger charge is -2.48. The summed E-state index contributed by atoms with van der Waals surface area (Å²) in [4.78, 5) is 0. The van der Waals surface area contributed by atoms with Crippen LogP contribution in [0.5, 0.6) is 0 Å². The molecular formula is C18H37NO5. The van der Waals surface area contributed by atoms with Crippen LogP contribution in [-0.2, 0) is 4.74 Å². The monoisotopic (exact) mass is 347 g/mol. The van der Waals surface area contributed by atoms with Crippen LogP contribution in [0.2, 0.25) is 0 Å². The van der Waals surface area contributed by atoms with Gasteiger partial charge in [0.15, 0.2) is 5.79 Å². The fourth-order valence-electron chi connectivity index (χ4n) is 3.46. The van der Waals surface area contributed by atoms with Gasteiger partial charge in [0.2, 0.25) is 0 Å². The van der Waals surface area contributed by atoms with Gasteiger partial charge in [-0.3, -0.25) is 0 Å². The van der Waals surface area contributed by atoms with Crippen LogP contribution in [0, 0.1) is 0 Å². The van der Waals surface area contributed by atoms with Crippen LogP contribution in [0.15, 0.2) is 0 Å². The van der Waals surface area contributed by atoms with E-state index < -0.39 is 36.7 Å². The quantitative estimate of drug-likeness (QED) is 0.341. The maximum atomic E-state index is 10.9. The number of aliphatic hydroxyl groups is 4. The standard InChI is InChI=1S/C18H37NO5/c1-3-5-6-7-8-9-10-11-12-18(23)17(19-4-2)16(22)15(21)14(13-20)24-18/h14-17,19-23H,3-13H2,1-2H3/t14-,15+,16+,17-,18?/m1/s1. The predicted octanol–water partition coefficient (Wildman–Crippen LogP) is 1.30. The second-order valence-corrected chi connectivity index (χ2v) is 6.93. The number of hydrogen-bond donors (Lipinski definition) is 5. The highest BCUT2D eigenvalue weighted by atomic mass is 16.6. The molecule has 1 saturated heterocycles. The number of nitrogens with one attached hydrogen (secondary N) is 1. The fourth-order valence-corrected chi connectivity index (χ4v) is 3.46. The first-order chi connectivity index (χ1) is 11.5. The van der Waals surface area contributed by atoms with Crippen LogP contribution in [0.4, 0.5) is 0 Å². The van der Waals surface area contributed by atoms with E-state index in [1.807, 2.05) is 6.92 Å². The summed E-state index contributed by atoms with van der Waals surface area (Å²) in [5, 5.41) is 43.4. The summed E-state index contributed by atoms with van der Waals surface area (Å²) < 4.78 is 5.56. The number of rotatable bonds is 12. The molecule has 1 fully saturated rings. The zero-order valence-corrected chi connectivity index (χ0v) is 15.3. The van der Waals surface area contributed by atoms with Gasteiger partial charge in [0.05, 0.1) is 12.6 Å². The number of aliphatic hydroxyl groups excluding tert-OH is 3. The van der Waals surface area contributed by atoms with Crippen molar-refractivity contribution < 1.29 is 25.2 Å². The van der Waals surface area contributed by atoms with Crippen LogP contribution in [0.3, 0.4) is 0 Å². The minimum absolute atomic E-state index is 0.375. The molecule has 1 rings (SSSR count). The van der Waals surface area contributed by atoms with E-state index in [2.05, 4.69) is 12.2 Å². The smallest absolute Gasteiger partial charge is 0.184 e. The maximum absolute atomic E-state index is 10.9. The second kappa shape index (κ2) is 11.4. The highest BCUT2D eigenvalue weighted by Crippen LogP contribution is 2.32. The lowest BCUT2D eigenvalue weighted by Crippen LogP contribution is -2.69. The van der Waals surface area contributed by atoms with Crippen molar-refractivity contribution in [2.75, 3.05) is 13.2 Å². The van der Waals surface area contributed by atoms with E-state index in [4.69, 9.17) is 4.74 Å². The molecule has 0 spiro atoms. The SMILES string of the molecule is CCCCCCCCCCC1(O)O[C@H](CO)[C@H](O)[C@H](O)[C@H]1NCC. The Bertz CT molecular complexity index is 331. The minimum atomic E-state index is -1.57. The number of ether oxygens (including phenoxy) is 1. The van der Waals surface area contributed by atoms with Gasteiger partial charge in [-0.2, -0.15) is 0 Å². The fraction of sp³-hybridized carbons (Fsp3) is 1.00. The molecule has 1 aliphatic rings. The van der Waals surface area contributed by atoms with Gasteiger partial charge in [-0.1, -0.05) is 58.8 Å². The largest absolute Gasteiger partial charge is 0.394 e. The highest BCUT2D eigenvalue weighted by molar-refractivity contribution is 5.00. The molecule has 6 heteroatoms. The molecular weight excluding hydrogens is 310 g/mol. The van der Waals surface area contributed by atoms with Gasteiger partial charge in [-0.25, -0.2) is 0 Å². The Hall–Kier alpha value is -0.240. The molecule has 1 unspecified atom stereocenters. The van der Waals surface area contributed by atoms with Crippen LogP contribution in [-0.4, -0.2) is 63.7 Å². The average molecular weight is 347 g/mol. The van der Waals surface area contributed by atoms with Crippen molar-refractivity contribution in [1.82, 2.24) is 5.32 Å². The third-order valence-corrected chi connectivity index (χ3v) is 4.91. The third-order valence-electron chi connectivity index (χ3n) is 4.91. The summed E-state index contributed by atoms with van der Waals surface area (Å²) in [6, 6.07) is -0.759. The first kappa shape index (κ1) is 21.8. The molecule has 0 aromatic heterocycles. The Kier molecular flexibility index (Phi) is 10.3. The second-order valence-electron chi connectivity index (χ2n) is 6.93. The Morgan fingerprint density at radius 1 is 0.917 bits per heavy atom. The van der Waals surface area contributed by atoms with Crippen molar-refractivity contribution >= 4 is 0 Å². The van der Waals surface area contributed by atoms with Crippen molar-refractivity contribution in [3.05, 3.63) is 0 Å². The lowest BCUT2D eigenvalue weighted by atomic mass is 9.87. The first-order valence-corrected chi connectivity index (χ1v) is 9.60. The molecule has 5 N–H and O–H groups in total. The van der Waals surface area contributed by atoms with Crippen LogP contribution in [0.1, 0.15) is 71.6 Å². The summed E-state index contributed by atoms with van der Waals surface area (Å²) in [6.07, 6.45) is 6.22. The van der Waals surface area contributed by atoms with E-state index in [0.29, 0.717) is 13.0 Å². The Morgan fingerprint density at radius 2 is 1.50 bits per heavy atom. The minimum Gasteiger partial charge on any atom is -0.394 e. The molecule has 0 aromatic rings. The maximum Gasteiger partial charge on any atom is 0.184 e. The van der Waals surface area contributed by atoms with E-state index in [-0.39, 0.29) is 0 Å². The van der Waals surface area contributed by atoms with Gasteiger partial charge in [-0.15, -0.1) is 0 Å². The molecule has 0 aliphatic carbocycles. The Labute approximate surface area is 146 Å². The predicted molar refractivity (Wildman–Crippen MR) is 93.6 cm³/mol. The molecule has 0 amide bonds. The van der Waals surface area contributed by atoms with Gasteiger partial charge in [-0.05, 0) is 13.0 Å². The van der Waals surface area contributed by atoms with Gasteiger partial charge in [0, 0.05) is 6.42 Å². The summed E-state index contributed by atoms with van der Waals surface area (Å²) in [6.45, 7) is 4.18. The van der Waals surface area contributed by atoms with Gasteiger partial charge < -0.3 is 30.5 Å². The summed E-state index contributed by atoms with van der Waals surface area (Å²) in [5.41, 5.74) is 0. The molecule has 0 radical (unpaired) electrons. The molecule has 0 bridgehead atoms. The molecule has 144 valence electrons. The van der Waals surface area contributed by atoms with Crippen LogP contribution < -0.4 is 5.32 Å². The molecule has 24 heavy (non-hydrogen) atoms. The van der Waals surface area contributed by atoms with Crippen molar-refractivity contribution in [2.45, 2.75) is 102 Å². The van der Waals surface area contributed by atoms with Crippen LogP contribution >= 0.6 is 0 Å². The molecule has 0 saturated carbocycles. The highest BCUT2D eigenvalue weighted by Gasteiger charge is 2.52. The molecule has 1 aliphatic heterocycles. The zero-order valence-electron chi connectivity index (χ0n) is 15.3. The van der Waals surface area contributed by atoms with E-state index >= 15 is 0 Å². The van der Waals surface area contributed by atoms with Crippen LogP contribution in [0.25, 0.3) is 0 Å². The summed E-state index contributed by atoms with van der Waals surface area (Å²) in [7, 11) is 0. The first-order valence-electron chi connectivity index (χ1n) is 9.60. The van der Waals surface area contributed by atoms with Crippen molar-refractivity contribution in [1.29, 1.82) is 0 Å². The number of unbranched alkanes of at least 4 members (excludes halogenated alkanes) is 7. The molecule has 0 aromatic carbocycles. The van der Waals surface area contributed by atoms with E-state index in [1.165, 1.54) is 32.1 Å². The number of likely N-dealkylation sites (N-methyl/N-ethyl adjacent to an activating group) is 1.